The summed E-state index contributed by atoms with van der Waals surface area (Å²) in [5.41, 5.74) is 9.30. The standard InChI is InChI=1S/C24H38Si/c1-10-11-15-25(9,23-14-12-13-22(23)16(2)3)24-20(7)18(5)17(4)19(6)21(24)8/h13-14,16H,10-12,15H2,1-9H3. The van der Waals surface area contributed by atoms with Gasteiger partial charge in [0.2, 0.25) is 0 Å². The van der Waals surface area contributed by atoms with Crippen molar-refractivity contribution in [3.8, 4) is 0 Å². The van der Waals surface area contributed by atoms with Crippen LogP contribution in [0.1, 0.15) is 67.9 Å². The van der Waals surface area contributed by atoms with Gasteiger partial charge in [-0.3, -0.25) is 0 Å². The Labute approximate surface area is 157 Å². The van der Waals surface area contributed by atoms with E-state index in [1.165, 1.54) is 35.6 Å². The van der Waals surface area contributed by atoms with Crippen LogP contribution >= 0.6 is 0 Å². The van der Waals surface area contributed by atoms with Gasteiger partial charge in [-0.05, 0) is 91.6 Å². The van der Waals surface area contributed by atoms with Crippen LogP contribution in [0, 0.1) is 40.5 Å². The molecule has 0 aliphatic heterocycles. The molecule has 2 rings (SSSR count). The Hall–Kier alpha value is -1.08. The first-order valence-electron chi connectivity index (χ1n) is 10.1. The molecule has 0 N–H and O–H groups in total. The van der Waals surface area contributed by atoms with Gasteiger partial charge < -0.3 is 0 Å². The first kappa shape index (κ1) is 20.2. The van der Waals surface area contributed by atoms with Crippen molar-refractivity contribution in [1.29, 1.82) is 0 Å². The van der Waals surface area contributed by atoms with Gasteiger partial charge in [0.25, 0.3) is 0 Å². The van der Waals surface area contributed by atoms with Gasteiger partial charge in [0, 0.05) is 0 Å². The van der Waals surface area contributed by atoms with Crippen LogP contribution in [-0.4, -0.2) is 8.07 Å². The Morgan fingerprint density at radius 1 is 0.880 bits per heavy atom. The molecule has 0 saturated carbocycles. The second-order valence-electron chi connectivity index (χ2n) is 8.60. The third kappa shape index (κ3) is 3.45. The van der Waals surface area contributed by atoms with E-state index in [0.29, 0.717) is 5.92 Å². The van der Waals surface area contributed by atoms with E-state index in [9.17, 15) is 0 Å². The largest absolute Gasteiger partial charge is 0.115 e. The maximum Gasteiger partial charge on any atom is 0.115 e. The van der Waals surface area contributed by atoms with E-state index in [1.54, 1.807) is 27.1 Å². The van der Waals surface area contributed by atoms with Gasteiger partial charge in [0.1, 0.15) is 8.07 Å². The van der Waals surface area contributed by atoms with Crippen LogP contribution in [0.4, 0.5) is 0 Å². The molecule has 0 radical (unpaired) electrons. The van der Waals surface area contributed by atoms with Crippen molar-refractivity contribution < 1.29 is 0 Å². The molecular weight excluding hydrogens is 316 g/mol. The second-order valence-corrected chi connectivity index (χ2v) is 12.8. The maximum atomic E-state index is 2.65. The molecule has 1 aliphatic rings. The number of rotatable bonds is 6. The Balaban J connectivity index is 2.74. The van der Waals surface area contributed by atoms with Crippen molar-refractivity contribution in [2.45, 2.75) is 87.2 Å². The Morgan fingerprint density at radius 3 is 1.88 bits per heavy atom. The monoisotopic (exact) mass is 354 g/mol. The third-order valence-electron chi connectivity index (χ3n) is 6.77. The Morgan fingerprint density at radius 2 is 1.40 bits per heavy atom. The first-order chi connectivity index (χ1) is 11.7. The van der Waals surface area contributed by atoms with Crippen molar-refractivity contribution in [3.63, 3.8) is 0 Å². The lowest BCUT2D eigenvalue weighted by Crippen LogP contribution is -2.51. The van der Waals surface area contributed by atoms with Gasteiger partial charge in [-0.1, -0.05) is 57.5 Å². The third-order valence-corrected chi connectivity index (χ3v) is 11.7. The fraction of sp³-hybridized carbons (Fsp3) is 0.583. The molecule has 0 amide bonds. The summed E-state index contributed by atoms with van der Waals surface area (Å²) in [5, 5.41) is 3.48. The van der Waals surface area contributed by atoms with E-state index >= 15 is 0 Å². The summed E-state index contributed by atoms with van der Waals surface area (Å²) in [4.78, 5) is 0. The van der Waals surface area contributed by atoms with Crippen molar-refractivity contribution in [2.75, 3.05) is 0 Å². The molecule has 0 heterocycles. The second kappa shape index (κ2) is 7.66. The zero-order valence-electron chi connectivity index (χ0n) is 18.1. The lowest BCUT2D eigenvalue weighted by molar-refractivity contribution is 0.785. The molecule has 1 atom stereocenters. The lowest BCUT2D eigenvalue weighted by atomic mass is 9.95. The molecule has 0 fully saturated rings. The van der Waals surface area contributed by atoms with Gasteiger partial charge in [0.05, 0.1) is 0 Å². The average Bonchev–Trinajstić information content (AvgIpc) is 3.07. The highest BCUT2D eigenvalue weighted by Crippen LogP contribution is 2.38. The molecule has 138 valence electrons. The van der Waals surface area contributed by atoms with Crippen LogP contribution < -0.4 is 5.19 Å². The zero-order chi connectivity index (χ0) is 18.9. The highest BCUT2D eigenvalue weighted by atomic mass is 28.3. The van der Waals surface area contributed by atoms with E-state index in [2.05, 4.69) is 74.1 Å². The van der Waals surface area contributed by atoms with Crippen LogP contribution in [0.5, 0.6) is 0 Å². The van der Waals surface area contributed by atoms with Crippen LogP contribution in [0.25, 0.3) is 0 Å². The van der Waals surface area contributed by atoms with Crippen LogP contribution in [0.15, 0.2) is 22.9 Å². The zero-order valence-corrected chi connectivity index (χ0v) is 19.1. The molecule has 0 saturated heterocycles. The minimum Gasteiger partial charge on any atom is -0.0808 e. The molecule has 0 spiro atoms. The summed E-state index contributed by atoms with van der Waals surface area (Å²) in [6.45, 7) is 21.5. The summed E-state index contributed by atoms with van der Waals surface area (Å²) >= 11 is 0. The Bertz CT molecular complexity index is 689. The number of hydrogen-bond acceptors (Lipinski definition) is 0. The molecule has 1 heteroatoms. The molecule has 0 bridgehead atoms. The molecule has 1 aromatic rings. The van der Waals surface area contributed by atoms with Gasteiger partial charge in [-0.15, -0.1) is 0 Å². The number of benzene rings is 1. The number of unbranched alkanes of at least 4 members (excludes halogenated alkanes) is 1. The summed E-state index contributed by atoms with van der Waals surface area (Å²) < 4.78 is 0. The molecule has 1 aliphatic carbocycles. The lowest BCUT2D eigenvalue weighted by Gasteiger charge is -2.37. The number of hydrogen-bond donors (Lipinski definition) is 0. The van der Waals surface area contributed by atoms with Gasteiger partial charge in [-0.25, -0.2) is 0 Å². The van der Waals surface area contributed by atoms with E-state index in [-0.39, 0.29) is 0 Å². The maximum absolute atomic E-state index is 2.65. The smallest absolute Gasteiger partial charge is 0.0808 e. The highest BCUT2D eigenvalue weighted by Gasteiger charge is 2.39. The predicted molar refractivity (Wildman–Crippen MR) is 117 cm³/mol. The molecule has 0 nitrogen and oxygen atoms in total. The first-order valence-corrected chi connectivity index (χ1v) is 12.9. The van der Waals surface area contributed by atoms with Gasteiger partial charge >= 0.3 is 0 Å². The fourth-order valence-electron chi connectivity index (χ4n) is 4.87. The fourth-order valence-corrected chi connectivity index (χ4v) is 10.4. The van der Waals surface area contributed by atoms with E-state index in [1.807, 2.05) is 0 Å². The quantitative estimate of drug-likeness (QED) is 0.495. The van der Waals surface area contributed by atoms with E-state index in [4.69, 9.17) is 0 Å². The number of allylic oxidation sites excluding steroid dienone is 4. The molecule has 0 aromatic heterocycles. The minimum atomic E-state index is -1.72. The van der Waals surface area contributed by atoms with Gasteiger partial charge in [0.15, 0.2) is 0 Å². The van der Waals surface area contributed by atoms with Crippen LogP contribution in [-0.2, 0) is 0 Å². The molecular formula is C24H38Si. The average molecular weight is 355 g/mol. The summed E-state index contributed by atoms with van der Waals surface area (Å²) in [6.07, 6.45) is 8.84. The van der Waals surface area contributed by atoms with Crippen molar-refractivity contribution in [3.05, 3.63) is 50.7 Å². The van der Waals surface area contributed by atoms with Crippen LogP contribution in [0.3, 0.4) is 0 Å². The van der Waals surface area contributed by atoms with Crippen molar-refractivity contribution >= 4 is 13.3 Å². The molecule has 25 heavy (non-hydrogen) atoms. The topological polar surface area (TPSA) is 0 Å². The highest BCUT2D eigenvalue weighted by molar-refractivity contribution is 6.98. The Kier molecular flexibility index (Phi) is 6.20. The van der Waals surface area contributed by atoms with Gasteiger partial charge in [-0.2, -0.15) is 0 Å². The minimum absolute atomic E-state index is 0.635. The normalized spacial score (nSPS) is 16.9. The van der Waals surface area contributed by atoms with E-state index < -0.39 is 8.07 Å². The van der Waals surface area contributed by atoms with Crippen molar-refractivity contribution in [2.24, 2.45) is 5.92 Å². The summed E-state index contributed by atoms with van der Waals surface area (Å²) in [7, 11) is -1.72. The van der Waals surface area contributed by atoms with Crippen molar-refractivity contribution in [1.82, 2.24) is 0 Å². The molecule has 1 unspecified atom stereocenters. The summed E-state index contributed by atoms with van der Waals surface area (Å²) in [5.74, 6) is 0.635. The summed E-state index contributed by atoms with van der Waals surface area (Å²) in [6, 6.07) is 1.38. The van der Waals surface area contributed by atoms with E-state index in [0.717, 1.165) is 6.42 Å². The predicted octanol–water partition coefficient (Wildman–Crippen LogP) is 6.77. The SMILES string of the molecule is CCCC[Si](C)(C1=CCC=C1C(C)C)c1c(C)c(C)c(C)c(C)c1C. The van der Waals surface area contributed by atoms with Crippen LogP contribution in [0.2, 0.25) is 12.6 Å². The molecule has 1 aromatic carbocycles.